The highest BCUT2D eigenvalue weighted by molar-refractivity contribution is 7.22. The van der Waals surface area contributed by atoms with Crippen LogP contribution in [0.5, 0.6) is 5.75 Å². The number of hydrogen-bond donors (Lipinski definition) is 0. The van der Waals surface area contributed by atoms with Gasteiger partial charge in [-0.1, -0.05) is 11.3 Å². The van der Waals surface area contributed by atoms with Crippen LogP contribution in [0.1, 0.15) is 26.5 Å². The molecular weight excluding hydrogens is 404 g/mol. The normalized spacial score (nSPS) is 10.7. The quantitative estimate of drug-likeness (QED) is 0.425. The van der Waals surface area contributed by atoms with Crippen LogP contribution in [-0.4, -0.2) is 31.1 Å². The Hall–Kier alpha value is -3.65. The molecule has 30 heavy (non-hydrogen) atoms. The molecule has 4 rings (SSSR count). The van der Waals surface area contributed by atoms with Crippen molar-refractivity contribution in [1.82, 2.24) is 4.98 Å². The van der Waals surface area contributed by atoms with Crippen molar-refractivity contribution in [2.45, 2.75) is 6.54 Å². The summed E-state index contributed by atoms with van der Waals surface area (Å²) in [6, 6.07) is 15.5. The molecule has 0 spiro atoms. The van der Waals surface area contributed by atoms with Crippen molar-refractivity contribution in [2.75, 3.05) is 19.1 Å². The first kappa shape index (κ1) is 19.7. The predicted molar refractivity (Wildman–Crippen MR) is 113 cm³/mol. The monoisotopic (exact) mass is 422 g/mol. The minimum atomic E-state index is -0.457. The molecule has 1 amide bonds. The summed E-state index contributed by atoms with van der Waals surface area (Å²) in [5.41, 5.74) is 1.54. The van der Waals surface area contributed by atoms with Crippen LogP contribution in [-0.2, 0) is 11.3 Å². The number of furan rings is 1. The van der Waals surface area contributed by atoms with Crippen LogP contribution in [0.15, 0.2) is 65.3 Å². The molecule has 7 nitrogen and oxygen atoms in total. The zero-order valence-corrected chi connectivity index (χ0v) is 17.1. The van der Waals surface area contributed by atoms with Gasteiger partial charge in [-0.3, -0.25) is 9.69 Å². The molecule has 152 valence electrons. The van der Waals surface area contributed by atoms with E-state index in [1.807, 2.05) is 18.2 Å². The highest BCUT2D eigenvalue weighted by Gasteiger charge is 2.23. The number of anilines is 1. The molecular formula is C22H18N2O5S. The van der Waals surface area contributed by atoms with E-state index in [0.29, 0.717) is 27.8 Å². The fraction of sp³-hybridized carbons (Fsp3) is 0.136. The molecule has 0 N–H and O–H groups in total. The van der Waals surface area contributed by atoms with E-state index in [1.54, 1.807) is 54.7 Å². The van der Waals surface area contributed by atoms with Crippen LogP contribution in [0, 0.1) is 0 Å². The van der Waals surface area contributed by atoms with Crippen molar-refractivity contribution in [1.29, 1.82) is 0 Å². The van der Waals surface area contributed by atoms with Gasteiger partial charge in [0.1, 0.15) is 11.5 Å². The molecule has 0 bridgehead atoms. The van der Waals surface area contributed by atoms with E-state index in [2.05, 4.69) is 4.98 Å². The standard InChI is InChI=1S/C22H18N2O5S/c1-27-16-9-10-19-18(12-16)23-22(30-19)24(13-17-4-3-11-29-17)20(25)14-5-7-15(8-6-14)21(26)28-2/h3-12H,13H2,1-2H3. The van der Waals surface area contributed by atoms with E-state index in [-0.39, 0.29) is 12.5 Å². The summed E-state index contributed by atoms with van der Waals surface area (Å²) in [6.45, 7) is 0.224. The topological polar surface area (TPSA) is 81.9 Å². The van der Waals surface area contributed by atoms with Crippen LogP contribution in [0.3, 0.4) is 0 Å². The summed E-state index contributed by atoms with van der Waals surface area (Å²) < 4.78 is 16.4. The Morgan fingerprint density at radius 2 is 1.83 bits per heavy atom. The maximum absolute atomic E-state index is 13.3. The Morgan fingerprint density at radius 3 is 2.50 bits per heavy atom. The minimum Gasteiger partial charge on any atom is -0.497 e. The van der Waals surface area contributed by atoms with Gasteiger partial charge >= 0.3 is 5.97 Å². The predicted octanol–water partition coefficient (Wildman–Crippen LogP) is 4.53. The van der Waals surface area contributed by atoms with Gasteiger partial charge in [0, 0.05) is 11.6 Å². The van der Waals surface area contributed by atoms with Gasteiger partial charge in [-0.25, -0.2) is 9.78 Å². The molecule has 0 saturated heterocycles. The molecule has 2 aromatic carbocycles. The zero-order chi connectivity index (χ0) is 21.1. The van der Waals surface area contributed by atoms with Gasteiger partial charge in [-0.05, 0) is 48.5 Å². The Kier molecular flexibility index (Phi) is 5.49. The maximum Gasteiger partial charge on any atom is 0.337 e. The van der Waals surface area contributed by atoms with Crippen molar-refractivity contribution < 1.29 is 23.5 Å². The van der Waals surface area contributed by atoms with Crippen molar-refractivity contribution in [3.8, 4) is 5.75 Å². The van der Waals surface area contributed by atoms with Gasteiger partial charge < -0.3 is 13.9 Å². The number of amides is 1. The van der Waals surface area contributed by atoms with E-state index in [4.69, 9.17) is 13.9 Å². The van der Waals surface area contributed by atoms with Gasteiger partial charge in [0.15, 0.2) is 5.13 Å². The number of nitrogens with zero attached hydrogens (tertiary/aromatic N) is 2. The molecule has 8 heteroatoms. The van der Waals surface area contributed by atoms with Crippen molar-refractivity contribution in [3.63, 3.8) is 0 Å². The Balaban J connectivity index is 1.71. The number of esters is 1. The maximum atomic E-state index is 13.3. The summed E-state index contributed by atoms with van der Waals surface area (Å²) >= 11 is 1.40. The van der Waals surface area contributed by atoms with Crippen molar-refractivity contribution in [2.24, 2.45) is 0 Å². The zero-order valence-electron chi connectivity index (χ0n) is 16.3. The lowest BCUT2D eigenvalue weighted by atomic mass is 10.1. The average molecular weight is 422 g/mol. The first-order valence-electron chi connectivity index (χ1n) is 9.06. The van der Waals surface area contributed by atoms with Crippen LogP contribution < -0.4 is 9.64 Å². The molecule has 0 aliphatic heterocycles. The SMILES string of the molecule is COC(=O)c1ccc(C(=O)N(Cc2ccco2)c2nc3cc(OC)ccc3s2)cc1. The largest absolute Gasteiger partial charge is 0.497 e. The molecule has 0 saturated carbocycles. The van der Waals surface area contributed by atoms with E-state index in [9.17, 15) is 9.59 Å². The number of benzene rings is 2. The number of methoxy groups -OCH3 is 2. The fourth-order valence-corrected chi connectivity index (χ4v) is 3.89. The van der Waals surface area contributed by atoms with Crippen LogP contribution in [0.2, 0.25) is 0 Å². The molecule has 0 aliphatic carbocycles. The average Bonchev–Trinajstić information content (AvgIpc) is 3.45. The molecule has 0 unspecified atom stereocenters. The van der Waals surface area contributed by atoms with E-state index in [0.717, 1.165) is 10.2 Å². The minimum absolute atomic E-state index is 0.224. The number of ether oxygens (including phenoxy) is 2. The van der Waals surface area contributed by atoms with Gasteiger partial charge in [-0.2, -0.15) is 0 Å². The van der Waals surface area contributed by atoms with Gasteiger partial charge in [0.2, 0.25) is 0 Å². The molecule has 2 heterocycles. The first-order valence-corrected chi connectivity index (χ1v) is 9.88. The fourth-order valence-electron chi connectivity index (χ4n) is 2.94. The number of fused-ring (bicyclic) bond motifs is 1. The molecule has 0 atom stereocenters. The van der Waals surface area contributed by atoms with Gasteiger partial charge in [0.25, 0.3) is 5.91 Å². The van der Waals surface area contributed by atoms with E-state index >= 15 is 0 Å². The molecule has 2 aromatic heterocycles. The Labute approximate surface area is 176 Å². The summed E-state index contributed by atoms with van der Waals surface area (Å²) in [7, 11) is 2.91. The Bertz CT molecular complexity index is 1180. The third-order valence-corrected chi connectivity index (χ3v) is 5.57. The van der Waals surface area contributed by atoms with Crippen LogP contribution >= 0.6 is 11.3 Å². The third kappa shape index (κ3) is 3.90. The van der Waals surface area contributed by atoms with E-state index in [1.165, 1.54) is 18.4 Å². The number of aromatic nitrogens is 1. The lowest BCUT2D eigenvalue weighted by molar-refractivity contribution is 0.0600. The second-order valence-electron chi connectivity index (χ2n) is 6.37. The van der Waals surface area contributed by atoms with Gasteiger partial charge in [0.05, 0.1) is 42.8 Å². The smallest absolute Gasteiger partial charge is 0.337 e. The summed E-state index contributed by atoms with van der Waals surface area (Å²) in [5.74, 6) is 0.614. The number of carbonyl (C=O) groups is 2. The lowest BCUT2D eigenvalue weighted by Crippen LogP contribution is -2.30. The second-order valence-corrected chi connectivity index (χ2v) is 7.38. The highest BCUT2D eigenvalue weighted by atomic mass is 32.1. The number of hydrogen-bond acceptors (Lipinski definition) is 7. The molecule has 4 aromatic rings. The summed E-state index contributed by atoms with van der Waals surface area (Å²) in [4.78, 5) is 31.2. The Morgan fingerprint density at radius 1 is 1.07 bits per heavy atom. The highest BCUT2D eigenvalue weighted by Crippen LogP contribution is 2.33. The van der Waals surface area contributed by atoms with Gasteiger partial charge in [-0.15, -0.1) is 0 Å². The first-order chi connectivity index (χ1) is 14.6. The van der Waals surface area contributed by atoms with Crippen LogP contribution in [0.25, 0.3) is 10.2 Å². The number of rotatable bonds is 6. The van der Waals surface area contributed by atoms with Crippen molar-refractivity contribution in [3.05, 3.63) is 77.7 Å². The van der Waals surface area contributed by atoms with E-state index < -0.39 is 5.97 Å². The molecule has 0 radical (unpaired) electrons. The molecule has 0 fully saturated rings. The second kappa shape index (κ2) is 8.38. The van der Waals surface area contributed by atoms with Crippen molar-refractivity contribution >= 4 is 38.6 Å². The summed E-state index contributed by atoms with van der Waals surface area (Å²) in [5, 5.41) is 0.539. The number of thiazole rings is 1. The van der Waals surface area contributed by atoms with Crippen LogP contribution in [0.4, 0.5) is 5.13 Å². The lowest BCUT2D eigenvalue weighted by Gasteiger charge is -2.19. The summed E-state index contributed by atoms with van der Waals surface area (Å²) in [6.07, 6.45) is 1.56. The third-order valence-electron chi connectivity index (χ3n) is 4.51. The number of carbonyl (C=O) groups excluding carboxylic acids is 2. The molecule has 0 aliphatic rings.